The zero-order valence-corrected chi connectivity index (χ0v) is 17.7. The summed E-state index contributed by atoms with van der Waals surface area (Å²) in [6.45, 7) is 5.18. The van der Waals surface area contributed by atoms with Crippen molar-refractivity contribution in [2.24, 2.45) is 0 Å². The fourth-order valence-corrected chi connectivity index (χ4v) is 4.95. The molecule has 1 aliphatic rings. The summed E-state index contributed by atoms with van der Waals surface area (Å²) in [4.78, 5) is 12.9. The van der Waals surface area contributed by atoms with Gasteiger partial charge in [-0.25, -0.2) is 8.42 Å². The van der Waals surface area contributed by atoms with E-state index in [1.165, 1.54) is 0 Å². The van der Waals surface area contributed by atoms with Gasteiger partial charge < -0.3 is 10.1 Å². The molecule has 29 heavy (non-hydrogen) atoms. The number of hydrogen-bond donors (Lipinski definition) is 1. The van der Waals surface area contributed by atoms with Crippen LogP contribution in [0.1, 0.15) is 49.0 Å². The van der Waals surface area contributed by atoms with Gasteiger partial charge in [0.1, 0.15) is 5.75 Å². The average molecular weight is 417 g/mol. The SMILES string of the molecule is CC(C)Oc1ccccc1C(=O)NCc1cccc(S(=O)(=O)N2CCCCC2)c1. The van der Waals surface area contributed by atoms with E-state index in [9.17, 15) is 13.2 Å². The Bertz CT molecular complexity index is 951. The number of benzene rings is 2. The molecule has 0 aliphatic carbocycles. The lowest BCUT2D eigenvalue weighted by Crippen LogP contribution is -2.35. The highest BCUT2D eigenvalue weighted by Gasteiger charge is 2.26. The number of rotatable bonds is 7. The van der Waals surface area contributed by atoms with Gasteiger partial charge in [0.15, 0.2) is 0 Å². The molecule has 3 rings (SSSR count). The summed E-state index contributed by atoms with van der Waals surface area (Å²) in [5, 5.41) is 2.86. The van der Waals surface area contributed by atoms with Gasteiger partial charge in [0.25, 0.3) is 5.91 Å². The summed E-state index contributed by atoms with van der Waals surface area (Å²) >= 11 is 0. The molecule has 1 aliphatic heterocycles. The first kappa shape index (κ1) is 21.3. The van der Waals surface area contributed by atoms with Crippen molar-refractivity contribution in [3.8, 4) is 5.75 Å². The van der Waals surface area contributed by atoms with Crippen LogP contribution in [0, 0.1) is 0 Å². The number of para-hydroxylation sites is 1. The Balaban J connectivity index is 1.71. The number of ether oxygens (including phenoxy) is 1. The van der Waals surface area contributed by atoms with Crippen molar-refractivity contribution in [2.75, 3.05) is 13.1 Å². The van der Waals surface area contributed by atoms with Crippen LogP contribution in [0.5, 0.6) is 5.75 Å². The molecule has 1 fully saturated rings. The van der Waals surface area contributed by atoms with E-state index in [4.69, 9.17) is 4.74 Å². The number of hydrogen-bond acceptors (Lipinski definition) is 4. The first-order valence-corrected chi connectivity index (χ1v) is 11.4. The third-order valence-electron chi connectivity index (χ3n) is 4.80. The molecule has 1 heterocycles. The van der Waals surface area contributed by atoms with Crippen LogP contribution in [0.2, 0.25) is 0 Å². The second kappa shape index (κ2) is 9.41. The second-order valence-corrected chi connectivity index (χ2v) is 9.40. The molecule has 0 atom stereocenters. The molecule has 6 nitrogen and oxygen atoms in total. The van der Waals surface area contributed by atoms with Crippen molar-refractivity contribution in [3.63, 3.8) is 0 Å². The number of nitrogens with zero attached hydrogens (tertiary/aromatic N) is 1. The molecule has 2 aromatic rings. The molecule has 156 valence electrons. The van der Waals surface area contributed by atoms with E-state index in [-0.39, 0.29) is 23.5 Å². The standard InChI is InChI=1S/C22H28N2O4S/c1-17(2)28-21-12-5-4-11-20(21)22(25)23-16-18-9-8-10-19(15-18)29(26,27)24-13-6-3-7-14-24/h4-5,8-12,15,17H,3,6-7,13-14,16H2,1-2H3,(H,23,25). The predicted octanol–water partition coefficient (Wildman–Crippen LogP) is 3.58. The monoisotopic (exact) mass is 416 g/mol. The van der Waals surface area contributed by atoms with Gasteiger partial charge in [-0.1, -0.05) is 30.7 Å². The van der Waals surface area contributed by atoms with Gasteiger partial charge in [-0.05, 0) is 56.5 Å². The predicted molar refractivity (Wildman–Crippen MR) is 112 cm³/mol. The Kier molecular flexibility index (Phi) is 6.92. The summed E-state index contributed by atoms with van der Waals surface area (Å²) in [5.41, 5.74) is 1.19. The molecule has 0 unspecified atom stereocenters. The van der Waals surface area contributed by atoms with Crippen LogP contribution in [0.25, 0.3) is 0 Å². The minimum Gasteiger partial charge on any atom is -0.490 e. The molecule has 1 N–H and O–H groups in total. The summed E-state index contributed by atoms with van der Waals surface area (Å²) in [5.74, 6) is 0.270. The fraction of sp³-hybridized carbons (Fsp3) is 0.409. The van der Waals surface area contributed by atoms with Crippen molar-refractivity contribution in [3.05, 3.63) is 59.7 Å². The minimum absolute atomic E-state index is 0.0411. The Morgan fingerprint density at radius 3 is 2.52 bits per heavy atom. The van der Waals surface area contributed by atoms with Crippen LogP contribution >= 0.6 is 0 Å². The van der Waals surface area contributed by atoms with Gasteiger partial charge in [0.2, 0.25) is 10.0 Å². The highest BCUT2D eigenvalue weighted by Crippen LogP contribution is 2.22. The van der Waals surface area contributed by atoms with Crippen LogP contribution in [0.4, 0.5) is 0 Å². The van der Waals surface area contributed by atoms with E-state index in [0.29, 0.717) is 24.4 Å². The van der Waals surface area contributed by atoms with Crippen molar-refractivity contribution in [2.45, 2.75) is 50.7 Å². The summed E-state index contributed by atoms with van der Waals surface area (Å²) in [7, 11) is -3.49. The topological polar surface area (TPSA) is 75.7 Å². The van der Waals surface area contributed by atoms with E-state index in [2.05, 4.69) is 5.32 Å². The summed E-state index contributed by atoms with van der Waals surface area (Å²) < 4.78 is 33.0. The number of nitrogens with one attached hydrogen (secondary N) is 1. The van der Waals surface area contributed by atoms with Crippen LogP contribution in [0.3, 0.4) is 0 Å². The lowest BCUT2D eigenvalue weighted by molar-refractivity contribution is 0.0945. The van der Waals surface area contributed by atoms with Crippen LogP contribution in [-0.2, 0) is 16.6 Å². The number of carbonyl (C=O) groups is 1. The van der Waals surface area contributed by atoms with Crippen molar-refractivity contribution < 1.29 is 17.9 Å². The minimum atomic E-state index is -3.49. The number of sulfonamides is 1. The van der Waals surface area contributed by atoms with E-state index >= 15 is 0 Å². The molecular formula is C22H28N2O4S. The highest BCUT2D eigenvalue weighted by molar-refractivity contribution is 7.89. The smallest absolute Gasteiger partial charge is 0.255 e. The Hall–Kier alpha value is -2.38. The van der Waals surface area contributed by atoms with Gasteiger partial charge in [-0.3, -0.25) is 4.79 Å². The average Bonchev–Trinajstić information content (AvgIpc) is 2.73. The quantitative estimate of drug-likeness (QED) is 0.749. The van der Waals surface area contributed by atoms with Crippen LogP contribution in [0.15, 0.2) is 53.4 Å². The Morgan fingerprint density at radius 2 is 1.79 bits per heavy atom. The molecule has 1 amide bonds. The maximum atomic E-state index is 12.9. The lowest BCUT2D eigenvalue weighted by Gasteiger charge is -2.26. The van der Waals surface area contributed by atoms with E-state index < -0.39 is 10.0 Å². The zero-order chi connectivity index (χ0) is 20.9. The molecule has 1 saturated heterocycles. The second-order valence-electron chi connectivity index (χ2n) is 7.46. The number of carbonyl (C=O) groups excluding carboxylic acids is 1. The number of piperidine rings is 1. The normalized spacial score (nSPS) is 15.3. The Morgan fingerprint density at radius 1 is 1.07 bits per heavy atom. The van der Waals surface area contributed by atoms with Gasteiger partial charge in [0, 0.05) is 19.6 Å². The largest absolute Gasteiger partial charge is 0.490 e. The van der Waals surface area contributed by atoms with Gasteiger partial charge in [-0.2, -0.15) is 4.31 Å². The maximum absolute atomic E-state index is 12.9. The molecule has 2 aromatic carbocycles. The molecular weight excluding hydrogens is 388 g/mol. The fourth-order valence-electron chi connectivity index (χ4n) is 3.36. The van der Waals surface area contributed by atoms with Crippen LogP contribution < -0.4 is 10.1 Å². The molecule has 0 bridgehead atoms. The Labute approximate surface area is 172 Å². The van der Waals surface area contributed by atoms with Crippen molar-refractivity contribution in [1.82, 2.24) is 9.62 Å². The first-order chi connectivity index (χ1) is 13.9. The van der Waals surface area contributed by atoms with Gasteiger partial charge in [-0.15, -0.1) is 0 Å². The molecule has 0 spiro atoms. The molecule has 7 heteroatoms. The molecule has 0 aromatic heterocycles. The zero-order valence-electron chi connectivity index (χ0n) is 16.9. The first-order valence-electron chi connectivity index (χ1n) is 10.0. The van der Waals surface area contributed by atoms with Crippen LogP contribution in [-0.4, -0.2) is 37.8 Å². The summed E-state index contributed by atoms with van der Waals surface area (Å²) in [6.07, 6.45) is 2.82. The molecule has 0 radical (unpaired) electrons. The maximum Gasteiger partial charge on any atom is 0.255 e. The van der Waals surface area contributed by atoms with Gasteiger partial charge >= 0.3 is 0 Å². The third kappa shape index (κ3) is 5.36. The lowest BCUT2D eigenvalue weighted by atomic mass is 10.1. The van der Waals surface area contributed by atoms with Gasteiger partial charge in [0.05, 0.1) is 16.6 Å². The summed E-state index contributed by atoms with van der Waals surface area (Å²) in [6, 6.07) is 13.9. The van der Waals surface area contributed by atoms with E-state index in [1.807, 2.05) is 26.0 Å². The van der Waals surface area contributed by atoms with E-state index in [0.717, 1.165) is 24.8 Å². The highest BCUT2D eigenvalue weighted by atomic mass is 32.2. The van der Waals surface area contributed by atoms with Crippen molar-refractivity contribution in [1.29, 1.82) is 0 Å². The van der Waals surface area contributed by atoms with E-state index in [1.54, 1.807) is 40.7 Å². The molecule has 0 saturated carbocycles. The third-order valence-corrected chi connectivity index (χ3v) is 6.69. The van der Waals surface area contributed by atoms with Crippen molar-refractivity contribution >= 4 is 15.9 Å². The number of amides is 1.